The zero-order chi connectivity index (χ0) is 14.1. The molecule has 2 nitrogen and oxygen atoms in total. The molecule has 0 saturated heterocycles. The highest BCUT2D eigenvalue weighted by atomic mass is 127. The average molecular weight is 394 g/mol. The number of imidazole rings is 1. The molecular formula is C16H15IN2S. The summed E-state index contributed by atoms with van der Waals surface area (Å²) < 4.78 is 4.18. The minimum Gasteiger partial charge on any atom is -0.331 e. The molecule has 0 fully saturated rings. The maximum atomic E-state index is 5.48. The van der Waals surface area contributed by atoms with Crippen LogP contribution in [0.5, 0.6) is 0 Å². The molecule has 0 aliphatic rings. The third kappa shape index (κ3) is 2.54. The third-order valence-electron chi connectivity index (χ3n) is 3.56. The number of nitrogens with one attached hydrogen (secondary N) is 1. The molecule has 0 aliphatic carbocycles. The average Bonchev–Trinajstić information content (AvgIpc) is 2.75. The normalized spacial score (nSPS) is 11.1. The van der Waals surface area contributed by atoms with Gasteiger partial charge in [0.15, 0.2) is 4.77 Å². The van der Waals surface area contributed by atoms with Crippen LogP contribution in [-0.4, -0.2) is 9.55 Å². The van der Waals surface area contributed by atoms with E-state index in [2.05, 4.69) is 81.5 Å². The first-order chi connectivity index (χ1) is 9.69. The van der Waals surface area contributed by atoms with Gasteiger partial charge in [-0.25, -0.2) is 0 Å². The number of H-pyrrole nitrogens is 1. The van der Waals surface area contributed by atoms with Crippen molar-refractivity contribution in [3.63, 3.8) is 0 Å². The zero-order valence-electron chi connectivity index (χ0n) is 11.2. The van der Waals surface area contributed by atoms with Crippen molar-refractivity contribution < 1.29 is 0 Å². The number of halogens is 1. The number of fused-ring (bicyclic) bond motifs is 1. The molecule has 0 aliphatic heterocycles. The number of rotatable bonds is 3. The number of aryl methyl sites for hydroxylation is 1. The van der Waals surface area contributed by atoms with Crippen LogP contribution in [0.3, 0.4) is 0 Å². The van der Waals surface area contributed by atoms with E-state index in [4.69, 9.17) is 12.2 Å². The van der Waals surface area contributed by atoms with E-state index >= 15 is 0 Å². The summed E-state index contributed by atoms with van der Waals surface area (Å²) in [5.41, 5.74) is 5.00. The Morgan fingerprint density at radius 3 is 2.65 bits per heavy atom. The van der Waals surface area contributed by atoms with Crippen molar-refractivity contribution in [2.75, 3.05) is 0 Å². The van der Waals surface area contributed by atoms with E-state index in [1.807, 2.05) is 0 Å². The van der Waals surface area contributed by atoms with Crippen LogP contribution in [0.2, 0.25) is 0 Å². The lowest BCUT2D eigenvalue weighted by Crippen LogP contribution is -2.02. The van der Waals surface area contributed by atoms with Crippen molar-refractivity contribution >= 4 is 45.8 Å². The fourth-order valence-corrected chi connectivity index (χ4v) is 3.28. The second kappa shape index (κ2) is 5.69. The predicted molar refractivity (Wildman–Crippen MR) is 94.8 cm³/mol. The Balaban J connectivity index is 2.11. The molecule has 20 heavy (non-hydrogen) atoms. The van der Waals surface area contributed by atoms with E-state index in [9.17, 15) is 0 Å². The fourth-order valence-electron chi connectivity index (χ4n) is 2.52. The second-order valence-corrected chi connectivity index (χ2v) is 6.43. The number of nitrogens with zero attached hydrogens (tertiary/aromatic N) is 1. The van der Waals surface area contributed by atoms with E-state index in [1.165, 1.54) is 20.2 Å². The fraction of sp³-hybridized carbons (Fsp3) is 0.188. The highest BCUT2D eigenvalue weighted by molar-refractivity contribution is 14.1. The molecule has 0 bridgehead atoms. The molecule has 4 heteroatoms. The summed E-state index contributed by atoms with van der Waals surface area (Å²) in [5, 5.41) is 0. The summed E-state index contributed by atoms with van der Waals surface area (Å²) in [6.07, 6.45) is 1.05. The second-order valence-electron chi connectivity index (χ2n) is 4.80. The first-order valence-corrected chi connectivity index (χ1v) is 8.12. The molecule has 3 rings (SSSR count). The molecule has 3 aromatic rings. The van der Waals surface area contributed by atoms with E-state index in [1.54, 1.807) is 0 Å². The molecule has 2 aromatic carbocycles. The summed E-state index contributed by atoms with van der Waals surface area (Å²) in [7, 11) is 0. The lowest BCUT2D eigenvalue weighted by molar-refractivity contribution is 0.799. The molecule has 1 N–H and O–H groups in total. The van der Waals surface area contributed by atoms with Crippen LogP contribution in [0.1, 0.15) is 18.1 Å². The molecular weight excluding hydrogens is 379 g/mol. The predicted octanol–water partition coefficient (Wildman–Crippen LogP) is 4.91. The van der Waals surface area contributed by atoms with Gasteiger partial charge in [-0.05, 0) is 70.6 Å². The number of hydrogen-bond acceptors (Lipinski definition) is 1. The van der Waals surface area contributed by atoms with E-state index in [-0.39, 0.29) is 0 Å². The molecule has 0 radical (unpaired) electrons. The smallest absolute Gasteiger partial charge is 0.178 e. The summed E-state index contributed by atoms with van der Waals surface area (Å²) in [4.78, 5) is 3.30. The van der Waals surface area contributed by atoms with Crippen LogP contribution in [0.15, 0.2) is 42.5 Å². The standard InChI is InChI=1S/C16H15IN2S/c1-2-11-5-3-4-6-12(11)10-19-15-8-7-13(17)9-14(15)18-16(19)20/h3-9H,2,10H2,1H3,(H,18,20). The first kappa shape index (κ1) is 13.8. The molecule has 0 spiro atoms. The van der Waals surface area contributed by atoms with Crippen LogP contribution < -0.4 is 0 Å². The number of benzene rings is 2. The van der Waals surface area contributed by atoms with Gasteiger partial charge in [0, 0.05) is 3.57 Å². The minimum absolute atomic E-state index is 0.785. The molecule has 0 unspecified atom stereocenters. The van der Waals surface area contributed by atoms with Gasteiger partial charge in [-0.15, -0.1) is 0 Å². The maximum absolute atomic E-state index is 5.48. The van der Waals surface area contributed by atoms with Crippen molar-refractivity contribution in [3.8, 4) is 0 Å². The van der Waals surface area contributed by atoms with Gasteiger partial charge in [-0.3, -0.25) is 0 Å². The van der Waals surface area contributed by atoms with Crippen LogP contribution >= 0.6 is 34.8 Å². The molecule has 1 heterocycles. The molecule has 1 aromatic heterocycles. The Kier molecular flexibility index (Phi) is 3.94. The Morgan fingerprint density at radius 1 is 1.15 bits per heavy atom. The minimum atomic E-state index is 0.785. The lowest BCUT2D eigenvalue weighted by atomic mass is 10.1. The third-order valence-corrected chi connectivity index (χ3v) is 4.56. The van der Waals surface area contributed by atoms with Gasteiger partial charge in [0.2, 0.25) is 0 Å². The summed E-state index contributed by atoms with van der Waals surface area (Å²) in [5.74, 6) is 0. The maximum Gasteiger partial charge on any atom is 0.178 e. The topological polar surface area (TPSA) is 20.7 Å². The lowest BCUT2D eigenvalue weighted by Gasteiger charge is -2.09. The number of hydrogen-bond donors (Lipinski definition) is 1. The van der Waals surface area contributed by atoms with E-state index < -0.39 is 0 Å². The molecule has 0 atom stereocenters. The van der Waals surface area contributed by atoms with Crippen LogP contribution in [0.4, 0.5) is 0 Å². The van der Waals surface area contributed by atoms with E-state index in [0.29, 0.717) is 0 Å². The largest absolute Gasteiger partial charge is 0.331 e. The Bertz CT molecular complexity index is 817. The number of aromatic nitrogens is 2. The Morgan fingerprint density at radius 2 is 1.90 bits per heavy atom. The van der Waals surface area contributed by atoms with Gasteiger partial charge in [0.1, 0.15) is 0 Å². The monoisotopic (exact) mass is 394 g/mol. The summed E-state index contributed by atoms with van der Waals surface area (Å²) in [6, 6.07) is 15.0. The van der Waals surface area contributed by atoms with Gasteiger partial charge < -0.3 is 9.55 Å². The summed E-state index contributed by atoms with van der Waals surface area (Å²) >= 11 is 7.80. The van der Waals surface area contributed by atoms with Gasteiger partial charge >= 0.3 is 0 Å². The van der Waals surface area contributed by atoms with Crippen molar-refractivity contribution in [2.45, 2.75) is 19.9 Å². The van der Waals surface area contributed by atoms with Crippen molar-refractivity contribution in [1.29, 1.82) is 0 Å². The van der Waals surface area contributed by atoms with Crippen molar-refractivity contribution in [2.24, 2.45) is 0 Å². The molecule has 0 amide bonds. The van der Waals surface area contributed by atoms with Gasteiger partial charge in [-0.2, -0.15) is 0 Å². The van der Waals surface area contributed by atoms with Crippen molar-refractivity contribution in [3.05, 3.63) is 61.9 Å². The zero-order valence-corrected chi connectivity index (χ0v) is 14.2. The van der Waals surface area contributed by atoms with E-state index in [0.717, 1.165) is 23.3 Å². The molecule has 102 valence electrons. The van der Waals surface area contributed by atoms with Crippen LogP contribution in [0, 0.1) is 8.34 Å². The van der Waals surface area contributed by atoms with Gasteiger partial charge in [0.25, 0.3) is 0 Å². The van der Waals surface area contributed by atoms with Crippen LogP contribution in [-0.2, 0) is 13.0 Å². The summed E-state index contributed by atoms with van der Waals surface area (Å²) in [6.45, 7) is 3.01. The Hall–Kier alpha value is -1.14. The van der Waals surface area contributed by atoms with Crippen LogP contribution in [0.25, 0.3) is 11.0 Å². The first-order valence-electron chi connectivity index (χ1n) is 6.64. The van der Waals surface area contributed by atoms with Gasteiger partial charge in [0.05, 0.1) is 17.6 Å². The number of aromatic amines is 1. The highest BCUT2D eigenvalue weighted by Gasteiger charge is 2.07. The van der Waals surface area contributed by atoms with Crippen molar-refractivity contribution in [1.82, 2.24) is 9.55 Å². The molecule has 0 saturated carbocycles. The van der Waals surface area contributed by atoms with Gasteiger partial charge in [-0.1, -0.05) is 31.2 Å². The SMILES string of the molecule is CCc1ccccc1Cn1c(=S)[nH]c2cc(I)ccc21. The quantitative estimate of drug-likeness (QED) is 0.494. The Labute approximate surface area is 137 Å². The highest BCUT2D eigenvalue weighted by Crippen LogP contribution is 2.20.